The summed E-state index contributed by atoms with van der Waals surface area (Å²) in [6.07, 6.45) is 8.36. The minimum Gasteiger partial charge on any atom is -0.372 e. The van der Waals surface area contributed by atoms with Crippen LogP contribution in [0.3, 0.4) is 0 Å². The Morgan fingerprint density at radius 1 is 1.09 bits per heavy atom. The predicted octanol–water partition coefficient (Wildman–Crippen LogP) is 5.35. The van der Waals surface area contributed by atoms with E-state index in [9.17, 15) is 4.79 Å². The number of rotatable bonds is 6. The first kappa shape index (κ1) is 22.5. The number of carbonyl (C=O) groups is 1. The fourth-order valence-electron chi connectivity index (χ4n) is 4.09. The van der Waals surface area contributed by atoms with E-state index in [1.165, 1.54) is 0 Å². The molecule has 0 atom stereocenters. The molecule has 0 fully saturated rings. The number of nitrogens with zero attached hydrogens (tertiary/aromatic N) is 4. The van der Waals surface area contributed by atoms with Gasteiger partial charge in [0.25, 0.3) is 5.91 Å². The third kappa shape index (κ3) is 5.06. The Bertz CT molecular complexity index is 1190. The predicted molar refractivity (Wildman–Crippen MR) is 136 cm³/mol. The van der Waals surface area contributed by atoms with Crippen LogP contribution in [0.2, 0.25) is 0 Å². The Morgan fingerprint density at radius 2 is 1.88 bits per heavy atom. The van der Waals surface area contributed by atoms with Crippen LogP contribution in [0.5, 0.6) is 0 Å². The maximum absolute atomic E-state index is 13.4. The summed E-state index contributed by atoms with van der Waals surface area (Å²) in [5.74, 6) is 1.08. The van der Waals surface area contributed by atoms with E-state index >= 15 is 0 Å². The summed E-state index contributed by atoms with van der Waals surface area (Å²) in [7, 11) is 2.05. The molecule has 2 aromatic carbocycles. The number of benzene rings is 2. The zero-order valence-corrected chi connectivity index (χ0v) is 19.6. The van der Waals surface area contributed by atoms with Crippen molar-refractivity contribution in [2.24, 2.45) is 0 Å². The minimum absolute atomic E-state index is 0.243. The lowest BCUT2D eigenvalue weighted by Gasteiger charge is -2.25. The topological polar surface area (TPSA) is 61.4 Å². The van der Waals surface area contributed by atoms with Crippen molar-refractivity contribution < 1.29 is 4.79 Å². The molecular weight excluding hydrogens is 410 g/mol. The maximum Gasteiger partial charge on any atom is 0.274 e. The highest BCUT2D eigenvalue weighted by atomic mass is 16.1. The standard InChI is InChI=1S/C27H31N5O/c1-4-32(5-2)25-19-23(28-26(30-25)24-17-8-6-7-11-18-31(24)3)27(33)29-22-16-12-14-20-13-9-10-15-21(20)22/h6,8-10,12-17,19H,4-5,7,11,18H2,1-3H3,(H,29,33)/b8-6+,24-17-. The van der Waals surface area contributed by atoms with Crippen molar-refractivity contribution >= 4 is 33.9 Å². The first-order valence-electron chi connectivity index (χ1n) is 11.6. The summed E-state index contributed by atoms with van der Waals surface area (Å²) >= 11 is 0. The van der Waals surface area contributed by atoms with Gasteiger partial charge in [0.2, 0.25) is 0 Å². The van der Waals surface area contributed by atoms with Gasteiger partial charge in [-0.25, -0.2) is 9.97 Å². The second-order valence-corrected chi connectivity index (χ2v) is 8.13. The summed E-state index contributed by atoms with van der Waals surface area (Å²) in [6.45, 7) is 6.68. The molecule has 3 aromatic rings. The van der Waals surface area contributed by atoms with E-state index in [4.69, 9.17) is 9.97 Å². The Morgan fingerprint density at radius 3 is 2.70 bits per heavy atom. The lowest BCUT2D eigenvalue weighted by atomic mass is 10.1. The fraction of sp³-hybridized carbons (Fsp3) is 0.296. The number of anilines is 2. The molecule has 4 rings (SSSR count). The molecule has 0 bridgehead atoms. The van der Waals surface area contributed by atoms with Crippen molar-refractivity contribution in [3.05, 3.63) is 78.3 Å². The van der Waals surface area contributed by atoms with E-state index in [2.05, 4.69) is 35.0 Å². The maximum atomic E-state index is 13.4. The molecule has 0 spiro atoms. The van der Waals surface area contributed by atoms with Gasteiger partial charge in [-0.1, -0.05) is 48.6 Å². The molecule has 0 unspecified atom stereocenters. The van der Waals surface area contributed by atoms with Crippen molar-refractivity contribution in [1.82, 2.24) is 14.9 Å². The van der Waals surface area contributed by atoms with Crippen molar-refractivity contribution in [3.63, 3.8) is 0 Å². The number of carbonyl (C=O) groups excluding carboxylic acids is 1. The molecule has 6 heteroatoms. The van der Waals surface area contributed by atoms with Gasteiger partial charge < -0.3 is 15.1 Å². The van der Waals surface area contributed by atoms with E-state index in [0.717, 1.165) is 60.5 Å². The van der Waals surface area contributed by atoms with Gasteiger partial charge in [-0.15, -0.1) is 0 Å². The first-order valence-corrected chi connectivity index (χ1v) is 11.6. The number of allylic oxidation sites excluding steroid dienone is 3. The van der Waals surface area contributed by atoms with Gasteiger partial charge in [-0.05, 0) is 44.2 Å². The van der Waals surface area contributed by atoms with Gasteiger partial charge in [0.1, 0.15) is 11.5 Å². The largest absolute Gasteiger partial charge is 0.372 e. The third-order valence-corrected chi connectivity index (χ3v) is 5.97. The number of aromatic nitrogens is 2. The summed E-state index contributed by atoms with van der Waals surface area (Å²) in [4.78, 5) is 27.2. The fourth-order valence-corrected chi connectivity index (χ4v) is 4.09. The van der Waals surface area contributed by atoms with Crippen LogP contribution in [-0.4, -0.2) is 47.5 Å². The van der Waals surface area contributed by atoms with E-state index in [0.29, 0.717) is 11.5 Å². The van der Waals surface area contributed by atoms with E-state index in [1.54, 1.807) is 6.07 Å². The smallest absolute Gasteiger partial charge is 0.274 e. The van der Waals surface area contributed by atoms with Crippen LogP contribution >= 0.6 is 0 Å². The zero-order chi connectivity index (χ0) is 23.2. The summed E-state index contributed by atoms with van der Waals surface area (Å²) in [5, 5.41) is 5.15. The average Bonchev–Trinajstić information content (AvgIpc) is 2.82. The van der Waals surface area contributed by atoms with Gasteiger partial charge in [0.15, 0.2) is 5.82 Å². The number of amides is 1. The van der Waals surface area contributed by atoms with E-state index in [-0.39, 0.29) is 5.91 Å². The molecule has 33 heavy (non-hydrogen) atoms. The SMILES string of the molecule is CCN(CC)c1cc(C(=O)Nc2cccc3ccccc23)nc(/C2=C/C=C/CCCN2C)n1. The van der Waals surface area contributed by atoms with Crippen molar-refractivity contribution in [3.8, 4) is 0 Å². The normalized spacial score (nSPS) is 16.5. The molecule has 1 aliphatic heterocycles. The second-order valence-electron chi connectivity index (χ2n) is 8.13. The summed E-state index contributed by atoms with van der Waals surface area (Å²) in [5.41, 5.74) is 2.04. The molecule has 1 N–H and O–H groups in total. The minimum atomic E-state index is -0.243. The Balaban J connectivity index is 1.75. The molecular formula is C27H31N5O. The third-order valence-electron chi connectivity index (χ3n) is 5.97. The first-order chi connectivity index (χ1) is 16.1. The van der Waals surface area contributed by atoms with Gasteiger partial charge in [0, 0.05) is 43.8 Å². The van der Waals surface area contributed by atoms with Crippen LogP contribution in [0.15, 0.2) is 66.8 Å². The highest BCUT2D eigenvalue weighted by molar-refractivity contribution is 6.08. The van der Waals surface area contributed by atoms with Gasteiger partial charge in [0.05, 0.1) is 5.70 Å². The Kier molecular flexibility index (Phi) is 7.03. The average molecular weight is 442 g/mol. The molecule has 1 amide bonds. The van der Waals surface area contributed by atoms with E-state index in [1.807, 2.05) is 61.7 Å². The lowest BCUT2D eigenvalue weighted by molar-refractivity contribution is 0.102. The molecule has 0 aliphatic carbocycles. The lowest BCUT2D eigenvalue weighted by Crippen LogP contribution is -2.27. The summed E-state index contributed by atoms with van der Waals surface area (Å²) < 4.78 is 0. The van der Waals surface area contributed by atoms with Crippen LogP contribution in [0, 0.1) is 0 Å². The highest BCUT2D eigenvalue weighted by Gasteiger charge is 2.19. The second kappa shape index (κ2) is 10.3. The van der Waals surface area contributed by atoms with Crippen LogP contribution in [0.4, 0.5) is 11.5 Å². The zero-order valence-electron chi connectivity index (χ0n) is 19.6. The molecule has 0 saturated carbocycles. The molecule has 0 saturated heterocycles. The number of fused-ring (bicyclic) bond motifs is 1. The number of nitrogens with one attached hydrogen (secondary N) is 1. The quantitative estimate of drug-likeness (QED) is 0.559. The molecule has 2 heterocycles. The monoisotopic (exact) mass is 441 g/mol. The van der Waals surface area contributed by atoms with Gasteiger partial charge in [-0.2, -0.15) is 0 Å². The van der Waals surface area contributed by atoms with Crippen LogP contribution in [-0.2, 0) is 0 Å². The summed E-state index contributed by atoms with van der Waals surface area (Å²) in [6, 6.07) is 15.7. The molecule has 170 valence electrons. The van der Waals surface area contributed by atoms with Crippen LogP contribution in [0.1, 0.15) is 43.0 Å². The number of hydrogen-bond donors (Lipinski definition) is 1. The Hall–Kier alpha value is -3.67. The van der Waals surface area contributed by atoms with E-state index < -0.39 is 0 Å². The number of hydrogen-bond acceptors (Lipinski definition) is 5. The van der Waals surface area contributed by atoms with Crippen molar-refractivity contribution in [1.29, 1.82) is 0 Å². The molecule has 1 aliphatic rings. The Labute approximate surface area is 195 Å². The molecule has 1 aromatic heterocycles. The van der Waals surface area contributed by atoms with Gasteiger partial charge >= 0.3 is 0 Å². The van der Waals surface area contributed by atoms with Crippen molar-refractivity contribution in [2.45, 2.75) is 26.7 Å². The van der Waals surface area contributed by atoms with Crippen LogP contribution < -0.4 is 10.2 Å². The van der Waals surface area contributed by atoms with Gasteiger partial charge in [-0.3, -0.25) is 4.79 Å². The highest BCUT2D eigenvalue weighted by Crippen LogP contribution is 2.25. The van der Waals surface area contributed by atoms with Crippen LogP contribution in [0.25, 0.3) is 16.5 Å². The van der Waals surface area contributed by atoms with Crippen molar-refractivity contribution in [2.75, 3.05) is 36.9 Å². The molecule has 6 nitrogen and oxygen atoms in total. The molecule has 0 radical (unpaired) electrons.